The van der Waals surface area contributed by atoms with Gasteiger partial charge in [0, 0.05) is 23.5 Å². The van der Waals surface area contributed by atoms with Crippen molar-refractivity contribution in [2.45, 2.75) is 42.6 Å². The largest absolute Gasteiger partial charge is 0.382 e. The third-order valence-electron chi connectivity index (χ3n) is 5.79. The Bertz CT molecular complexity index is 947. The number of rotatable bonds is 7. The van der Waals surface area contributed by atoms with E-state index >= 15 is 0 Å². The van der Waals surface area contributed by atoms with Crippen molar-refractivity contribution in [3.05, 3.63) is 52.2 Å². The second kappa shape index (κ2) is 8.18. The number of thiophene rings is 1. The van der Waals surface area contributed by atoms with Crippen LogP contribution in [0.4, 0.5) is 0 Å². The molecule has 1 aromatic heterocycles. The number of nitrogens with one attached hydrogen (secondary N) is 1. The predicted octanol–water partition coefficient (Wildman–Crippen LogP) is 2.95. The first-order valence-electron chi connectivity index (χ1n) is 10.1. The van der Waals surface area contributed by atoms with Gasteiger partial charge in [-0.15, -0.1) is 11.3 Å². The van der Waals surface area contributed by atoms with Gasteiger partial charge >= 0.3 is 0 Å². The van der Waals surface area contributed by atoms with E-state index in [0.717, 1.165) is 37.0 Å². The lowest BCUT2D eigenvalue weighted by atomic mass is 9.95. The van der Waals surface area contributed by atoms with Crippen LogP contribution in [-0.4, -0.2) is 43.4 Å². The number of piperidine rings is 1. The van der Waals surface area contributed by atoms with Gasteiger partial charge in [-0.3, -0.25) is 4.79 Å². The number of hydrogen-bond acceptors (Lipinski definition) is 5. The molecule has 1 aliphatic heterocycles. The molecule has 2 aliphatic rings. The lowest BCUT2D eigenvalue weighted by Crippen LogP contribution is -2.42. The summed E-state index contributed by atoms with van der Waals surface area (Å²) < 4.78 is 27.0. The van der Waals surface area contributed by atoms with Crippen LogP contribution in [0.25, 0.3) is 0 Å². The Kier molecular flexibility index (Phi) is 5.79. The van der Waals surface area contributed by atoms with Crippen molar-refractivity contribution in [1.82, 2.24) is 9.62 Å². The SMILES string of the molecule is O=C(NCC(O)(c1cccs1)C1CC1)c1ccc(S(=O)(=O)N2CCCCC2)cc1. The minimum absolute atomic E-state index is 0.144. The predicted molar refractivity (Wildman–Crippen MR) is 112 cm³/mol. The van der Waals surface area contributed by atoms with Crippen molar-refractivity contribution in [2.24, 2.45) is 5.92 Å². The Labute approximate surface area is 175 Å². The highest BCUT2D eigenvalue weighted by molar-refractivity contribution is 7.89. The van der Waals surface area contributed by atoms with Gasteiger partial charge in [0.2, 0.25) is 10.0 Å². The van der Waals surface area contributed by atoms with Crippen LogP contribution in [0.5, 0.6) is 0 Å². The Morgan fingerprint density at radius 1 is 1.14 bits per heavy atom. The van der Waals surface area contributed by atoms with Gasteiger partial charge in [0.25, 0.3) is 5.91 Å². The molecule has 2 aromatic rings. The fourth-order valence-corrected chi connectivity index (χ4v) is 6.29. The van der Waals surface area contributed by atoms with Gasteiger partial charge in [0.1, 0.15) is 5.60 Å². The maximum Gasteiger partial charge on any atom is 0.251 e. The first kappa shape index (κ1) is 20.5. The van der Waals surface area contributed by atoms with E-state index in [2.05, 4.69) is 5.32 Å². The summed E-state index contributed by atoms with van der Waals surface area (Å²) >= 11 is 1.49. The molecule has 0 bridgehead atoms. The van der Waals surface area contributed by atoms with Gasteiger partial charge in [-0.1, -0.05) is 12.5 Å². The van der Waals surface area contributed by atoms with E-state index in [9.17, 15) is 18.3 Å². The second-order valence-electron chi connectivity index (χ2n) is 7.85. The van der Waals surface area contributed by atoms with Crippen LogP contribution in [-0.2, 0) is 15.6 Å². The Balaban J connectivity index is 1.43. The van der Waals surface area contributed by atoms with Crippen molar-refractivity contribution in [3.8, 4) is 0 Å². The number of aliphatic hydroxyl groups is 1. The molecular weight excluding hydrogens is 408 g/mol. The van der Waals surface area contributed by atoms with Crippen LogP contribution in [0.2, 0.25) is 0 Å². The Hall–Kier alpha value is -1.74. The van der Waals surface area contributed by atoms with Crippen molar-refractivity contribution in [1.29, 1.82) is 0 Å². The van der Waals surface area contributed by atoms with Crippen LogP contribution in [0.3, 0.4) is 0 Å². The molecule has 4 rings (SSSR count). The minimum atomic E-state index is -3.51. The van der Waals surface area contributed by atoms with Gasteiger partial charge in [-0.05, 0) is 67.3 Å². The number of nitrogens with zero attached hydrogens (tertiary/aromatic N) is 1. The highest BCUT2D eigenvalue weighted by atomic mass is 32.2. The molecule has 8 heteroatoms. The molecule has 1 aromatic carbocycles. The van der Waals surface area contributed by atoms with Gasteiger partial charge in [0.15, 0.2) is 0 Å². The van der Waals surface area contributed by atoms with E-state index in [0.29, 0.717) is 18.7 Å². The number of carbonyl (C=O) groups excluding carboxylic acids is 1. The average molecular weight is 435 g/mol. The van der Waals surface area contributed by atoms with E-state index in [1.54, 1.807) is 0 Å². The molecule has 1 unspecified atom stereocenters. The standard InChI is InChI=1S/C21H26N2O4S2/c24-20(22-15-21(25,17-8-9-17)19-5-4-14-28-19)16-6-10-18(11-7-16)29(26,27)23-12-2-1-3-13-23/h4-7,10-11,14,17,25H,1-3,8-9,12-13,15H2,(H,22,24). The van der Waals surface area contributed by atoms with E-state index in [1.165, 1.54) is 39.9 Å². The summed E-state index contributed by atoms with van der Waals surface area (Å²) in [5.41, 5.74) is -0.659. The monoisotopic (exact) mass is 434 g/mol. The molecule has 1 atom stereocenters. The summed E-state index contributed by atoms with van der Waals surface area (Å²) in [7, 11) is -3.51. The number of amides is 1. The summed E-state index contributed by atoms with van der Waals surface area (Å²) in [6.45, 7) is 1.24. The highest BCUT2D eigenvalue weighted by Crippen LogP contribution is 2.46. The van der Waals surface area contributed by atoms with Crippen LogP contribution in [0, 0.1) is 5.92 Å². The number of hydrogen-bond donors (Lipinski definition) is 2. The minimum Gasteiger partial charge on any atom is -0.382 e. The van der Waals surface area contributed by atoms with Gasteiger partial charge in [-0.2, -0.15) is 4.31 Å². The quantitative estimate of drug-likeness (QED) is 0.701. The summed E-state index contributed by atoms with van der Waals surface area (Å²) in [5, 5.41) is 15.9. The molecule has 1 aliphatic carbocycles. The molecule has 1 amide bonds. The van der Waals surface area contributed by atoms with Crippen molar-refractivity contribution in [3.63, 3.8) is 0 Å². The zero-order valence-electron chi connectivity index (χ0n) is 16.2. The highest BCUT2D eigenvalue weighted by Gasteiger charge is 2.46. The maximum absolute atomic E-state index is 12.7. The second-order valence-corrected chi connectivity index (χ2v) is 10.7. The molecule has 2 N–H and O–H groups in total. The van der Waals surface area contributed by atoms with Gasteiger partial charge in [-0.25, -0.2) is 8.42 Å². The molecule has 0 spiro atoms. The van der Waals surface area contributed by atoms with E-state index < -0.39 is 15.6 Å². The lowest BCUT2D eigenvalue weighted by Gasteiger charge is -2.27. The van der Waals surface area contributed by atoms with Crippen molar-refractivity contribution in [2.75, 3.05) is 19.6 Å². The third kappa shape index (κ3) is 4.26. The fourth-order valence-electron chi connectivity index (χ4n) is 3.87. The molecule has 0 radical (unpaired) electrons. The van der Waals surface area contributed by atoms with E-state index in [-0.39, 0.29) is 23.3 Å². The molecule has 2 heterocycles. The summed E-state index contributed by atoms with van der Waals surface area (Å²) in [6.07, 6.45) is 4.73. The molecule has 156 valence electrons. The van der Waals surface area contributed by atoms with Crippen molar-refractivity contribution < 1.29 is 18.3 Å². The third-order valence-corrected chi connectivity index (χ3v) is 8.74. The van der Waals surface area contributed by atoms with Crippen LogP contribution in [0.15, 0.2) is 46.7 Å². The maximum atomic E-state index is 12.7. The van der Waals surface area contributed by atoms with E-state index in [4.69, 9.17) is 0 Å². The first-order valence-corrected chi connectivity index (χ1v) is 12.4. The Morgan fingerprint density at radius 2 is 1.83 bits per heavy atom. The number of sulfonamides is 1. The summed E-state index contributed by atoms with van der Waals surface area (Å²) in [5.74, 6) is -0.152. The fraction of sp³-hybridized carbons (Fsp3) is 0.476. The van der Waals surface area contributed by atoms with Crippen LogP contribution >= 0.6 is 11.3 Å². The lowest BCUT2D eigenvalue weighted by molar-refractivity contribution is 0.0169. The van der Waals surface area contributed by atoms with Crippen LogP contribution < -0.4 is 5.32 Å². The Morgan fingerprint density at radius 3 is 2.41 bits per heavy atom. The average Bonchev–Trinajstić information content (AvgIpc) is 3.47. The van der Waals surface area contributed by atoms with Crippen LogP contribution in [0.1, 0.15) is 47.3 Å². The summed E-state index contributed by atoms with van der Waals surface area (Å²) in [6, 6.07) is 9.85. The van der Waals surface area contributed by atoms with Crippen molar-refractivity contribution >= 4 is 27.3 Å². The molecule has 1 saturated heterocycles. The number of benzene rings is 1. The topological polar surface area (TPSA) is 86.7 Å². The smallest absolute Gasteiger partial charge is 0.251 e. The molecule has 2 fully saturated rings. The molecular formula is C21H26N2O4S2. The normalized spacial score (nSPS) is 20.2. The zero-order chi connectivity index (χ0) is 20.5. The molecule has 1 saturated carbocycles. The zero-order valence-corrected chi connectivity index (χ0v) is 17.8. The first-order chi connectivity index (χ1) is 13.9. The number of carbonyl (C=O) groups is 1. The molecule has 29 heavy (non-hydrogen) atoms. The van der Waals surface area contributed by atoms with Gasteiger partial charge < -0.3 is 10.4 Å². The molecule has 6 nitrogen and oxygen atoms in total. The summed E-state index contributed by atoms with van der Waals surface area (Å²) in [4.78, 5) is 13.7. The van der Waals surface area contributed by atoms with E-state index in [1.807, 2.05) is 17.5 Å². The van der Waals surface area contributed by atoms with Gasteiger partial charge in [0.05, 0.1) is 11.4 Å².